The molecular formula is C14H21NO4S2. The van der Waals surface area contributed by atoms with Crippen molar-refractivity contribution >= 4 is 27.8 Å². The molecule has 0 atom stereocenters. The lowest BCUT2D eigenvalue weighted by molar-refractivity contribution is 0.0696. The molecule has 0 aliphatic heterocycles. The third-order valence-electron chi connectivity index (χ3n) is 3.12. The quantitative estimate of drug-likeness (QED) is 0.679. The Balaban J connectivity index is 2.71. The second-order valence-corrected chi connectivity index (χ2v) is 7.41. The van der Waals surface area contributed by atoms with Gasteiger partial charge in [-0.25, -0.2) is 17.9 Å². The van der Waals surface area contributed by atoms with Crippen LogP contribution in [0.4, 0.5) is 0 Å². The van der Waals surface area contributed by atoms with Crippen LogP contribution in [0.5, 0.6) is 0 Å². The Hall–Kier alpha value is -1.05. The van der Waals surface area contributed by atoms with E-state index in [1.165, 1.54) is 25.1 Å². The third-order valence-corrected chi connectivity index (χ3v) is 5.42. The lowest BCUT2D eigenvalue weighted by Crippen LogP contribution is -2.26. The van der Waals surface area contributed by atoms with Crippen molar-refractivity contribution in [1.29, 1.82) is 0 Å². The number of carbonyl (C=O) groups is 1. The Labute approximate surface area is 130 Å². The lowest BCUT2D eigenvalue weighted by atomic mass is 10.1. The number of rotatable bonds is 9. The summed E-state index contributed by atoms with van der Waals surface area (Å²) < 4.78 is 26.9. The van der Waals surface area contributed by atoms with Crippen LogP contribution in [0.3, 0.4) is 0 Å². The highest BCUT2D eigenvalue weighted by Crippen LogP contribution is 2.18. The second-order valence-electron chi connectivity index (χ2n) is 4.69. The Kier molecular flexibility index (Phi) is 7.21. The van der Waals surface area contributed by atoms with Crippen molar-refractivity contribution in [3.05, 3.63) is 29.3 Å². The van der Waals surface area contributed by atoms with E-state index in [0.29, 0.717) is 6.54 Å². The Bertz CT molecular complexity index is 585. The first-order valence-corrected chi connectivity index (χ1v) is 9.59. The molecule has 0 aliphatic carbocycles. The fraction of sp³-hybridized carbons (Fsp3) is 0.500. The van der Waals surface area contributed by atoms with Gasteiger partial charge >= 0.3 is 5.97 Å². The number of carboxylic acid groups (broad SMARTS) is 1. The van der Waals surface area contributed by atoms with Crippen molar-refractivity contribution in [2.75, 3.05) is 18.6 Å². The molecular weight excluding hydrogens is 310 g/mol. The maximum Gasteiger partial charge on any atom is 0.335 e. The number of hydrogen-bond donors (Lipinski definition) is 2. The van der Waals surface area contributed by atoms with Crippen LogP contribution in [0.2, 0.25) is 0 Å². The molecule has 0 aromatic heterocycles. The summed E-state index contributed by atoms with van der Waals surface area (Å²) in [7, 11) is -3.66. The van der Waals surface area contributed by atoms with Crippen LogP contribution in [0.25, 0.3) is 0 Å². The highest BCUT2D eigenvalue weighted by atomic mass is 32.2. The molecule has 0 spiro atoms. The summed E-state index contributed by atoms with van der Waals surface area (Å²) in [4.78, 5) is 11.1. The number of aromatic carboxylic acids is 1. The zero-order valence-corrected chi connectivity index (χ0v) is 13.9. The topological polar surface area (TPSA) is 83.5 Å². The van der Waals surface area contributed by atoms with E-state index in [9.17, 15) is 13.2 Å². The van der Waals surface area contributed by atoms with Crippen molar-refractivity contribution in [2.24, 2.45) is 0 Å². The summed E-state index contributed by atoms with van der Waals surface area (Å²) in [5, 5.41) is 9.04. The van der Waals surface area contributed by atoms with E-state index in [0.717, 1.165) is 25.0 Å². The molecule has 0 unspecified atom stereocenters. The number of nitrogens with one attached hydrogen (secondary N) is 1. The maximum atomic E-state index is 12.2. The Morgan fingerprint density at radius 3 is 2.62 bits per heavy atom. The van der Waals surface area contributed by atoms with E-state index in [1.807, 2.05) is 6.26 Å². The van der Waals surface area contributed by atoms with Crippen molar-refractivity contribution in [3.8, 4) is 0 Å². The van der Waals surface area contributed by atoms with Gasteiger partial charge in [-0.3, -0.25) is 0 Å². The van der Waals surface area contributed by atoms with Crippen LogP contribution in [0.1, 0.15) is 35.2 Å². The molecule has 7 heteroatoms. The number of hydrogen-bond acceptors (Lipinski definition) is 4. The van der Waals surface area contributed by atoms with E-state index in [2.05, 4.69) is 4.72 Å². The first kappa shape index (κ1) is 18.0. The first-order valence-electron chi connectivity index (χ1n) is 6.71. The van der Waals surface area contributed by atoms with Gasteiger partial charge in [-0.1, -0.05) is 12.5 Å². The molecule has 1 aromatic carbocycles. The Morgan fingerprint density at radius 1 is 1.29 bits per heavy atom. The largest absolute Gasteiger partial charge is 0.478 e. The summed E-state index contributed by atoms with van der Waals surface area (Å²) in [6, 6.07) is 4.28. The highest BCUT2D eigenvalue weighted by molar-refractivity contribution is 7.98. The standard InChI is InChI=1S/C14H21NO4S2/c1-11-12(14(16)17)7-6-8-13(11)21(18,19)15-9-4-3-5-10-20-2/h6-8,15H,3-5,9-10H2,1-2H3,(H,16,17). The predicted octanol–water partition coefficient (Wildman–Crippen LogP) is 2.50. The van der Waals surface area contributed by atoms with Gasteiger partial charge in [-0.15, -0.1) is 0 Å². The van der Waals surface area contributed by atoms with Gasteiger partial charge in [0.15, 0.2) is 0 Å². The van der Waals surface area contributed by atoms with Crippen LogP contribution in [0.15, 0.2) is 23.1 Å². The monoisotopic (exact) mass is 331 g/mol. The van der Waals surface area contributed by atoms with Crippen molar-refractivity contribution in [2.45, 2.75) is 31.1 Å². The molecule has 118 valence electrons. The zero-order chi connectivity index (χ0) is 15.9. The molecule has 0 amide bonds. The van der Waals surface area contributed by atoms with Crippen molar-refractivity contribution in [1.82, 2.24) is 4.72 Å². The molecule has 0 fully saturated rings. The lowest BCUT2D eigenvalue weighted by Gasteiger charge is -2.11. The molecule has 5 nitrogen and oxygen atoms in total. The molecule has 1 rings (SSSR count). The second kappa shape index (κ2) is 8.41. The minimum atomic E-state index is -3.66. The molecule has 0 heterocycles. The normalized spacial score (nSPS) is 11.5. The van der Waals surface area contributed by atoms with Crippen LogP contribution >= 0.6 is 11.8 Å². The van der Waals surface area contributed by atoms with Crippen LogP contribution < -0.4 is 4.72 Å². The third kappa shape index (κ3) is 5.33. The average Bonchev–Trinajstić information content (AvgIpc) is 2.42. The summed E-state index contributed by atoms with van der Waals surface area (Å²) in [5.41, 5.74) is 0.276. The minimum Gasteiger partial charge on any atom is -0.478 e. The number of sulfonamides is 1. The summed E-state index contributed by atoms with van der Waals surface area (Å²) in [6.45, 7) is 1.88. The molecule has 2 N–H and O–H groups in total. The van der Waals surface area contributed by atoms with E-state index in [1.54, 1.807) is 11.8 Å². The number of benzene rings is 1. The van der Waals surface area contributed by atoms with Gasteiger partial charge in [0, 0.05) is 6.54 Å². The average molecular weight is 331 g/mol. The van der Waals surface area contributed by atoms with Gasteiger partial charge in [-0.2, -0.15) is 11.8 Å². The van der Waals surface area contributed by atoms with Gasteiger partial charge in [0.2, 0.25) is 10.0 Å². The Morgan fingerprint density at radius 2 is 2.00 bits per heavy atom. The van der Waals surface area contributed by atoms with Crippen molar-refractivity contribution < 1.29 is 18.3 Å². The van der Waals surface area contributed by atoms with E-state index < -0.39 is 16.0 Å². The SMILES string of the molecule is CSCCCCCNS(=O)(=O)c1cccc(C(=O)O)c1C. The van der Waals surface area contributed by atoms with E-state index in [4.69, 9.17) is 5.11 Å². The number of carboxylic acids is 1. The smallest absolute Gasteiger partial charge is 0.335 e. The van der Waals surface area contributed by atoms with Gasteiger partial charge in [-0.05, 0) is 49.5 Å². The molecule has 0 radical (unpaired) electrons. The van der Waals surface area contributed by atoms with E-state index >= 15 is 0 Å². The highest BCUT2D eigenvalue weighted by Gasteiger charge is 2.19. The maximum absolute atomic E-state index is 12.2. The summed E-state index contributed by atoms with van der Waals surface area (Å²) in [6.07, 6.45) is 4.85. The van der Waals surface area contributed by atoms with Crippen molar-refractivity contribution in [3.63, 3.8) is 0 Å². The van der Waals surface area contributed by atoms with Gasteiger partial charge in [0.05, 0.1) is 10.5 Å². The molecule has 0 saturated heterocycles. The molecule has 21 heavy (non-hydrogen) atoms. The minimum absolute atomic E-state index is 0.0119. The first-order chi connectivity index (χ1) is 9.90. The number of unbranched alkanes of at least 4 members (excludes halogenated alkanes) is 2. The van der Waals surface area contributed by atoms with Gasteiger partial charge in [0.1, 0.15) is 0 Å². The number of thioether (sulfide) groups is 1. The molecule has 0 aliphatic rings. The summed E-state index contributed by atoms with van der Waals surface area (Å²) in [5.74, 6) is -0.0476. The fourth-order valence-electron chi connectivity index (χ4n) is 1.97. The predicted molar refractivity (Wildman–Crippen MR) is 85.6 cm³/mol. The molecule has 0 bridgehead atoms. The molecule has 1 aromatic rings. The van der Waals surface area contributed by atoms with Gasteiger partial charge < -0.3 is 5.11 Å². The van der Waals surface area contributed by atoms with Crippen LogP contribution in [-0.2, 0) is 10.0 Å². The van der Waals surface area contributed by atoms with E-state index in [-0.39, 0.29) is 16.0 Å². The zero-order valence-electron chi connectivity index (χ0n) is 12.3. The molecule has 0 saturated carbocycles. The summed E-state index contributed by atoms with van der Waals surface area (Å²) >= 11 is 1.77. The van der Waals surface area contributed by atoms with Crippen LogP contribution in [-0.4, -0.2) is 38.0 Å². The van der Waals surface area contributed by atoms with Crippen LogP contribution in [0, 0.1) is 6.92 Å². The van der Waals surface area contributed by atoms with Gasteiger partial charge in [0.25, 0.3) is 0 Å². The fourth-order valence-corrected chi connectivity index (χ4v) is 3.80.